The van der Waals surface area contributed by atoms with Crippen LogP contribution in [0.25, 0.3) is 11.1 Å². The first-order chi connectivity index (χ1) is 16.8. The summed E-state index contributed by atoms with van der Waals surface area (Å²) in [4.78, 5) is 38.8. The van der Waals surface area contributed by atoms with E-state index in [1.54, 1.807) is 4.90 Å². The summed E-state index contributed by atoms with van der Waals surface area (Å²) in [7, 11) is 0. The Hall–Kier alpha value is -3.35. The van der Waals surface area contributed by atoms with Crippen molar-refractivity contribution in [3.8, 4) is 11.1 Å². The lowest BCUT2D eigenvalue weighted by Gasteiger charge is -2.35. The fourth-order valence-electron chi connectivity index (χ4n) is 5.31. The molecule has 186 valence electrons. The summed E-state index contributed by atoms with van der Waals surface area (Å²) >= 11 is 0. The summed E-state index contributed by atoms with van der Waals surface area (Å²) in [5, 5.41) is 11.8. The number of piperidine rings is 1. The highest BCUT2D eigenvalue weighted by Gasteiger charge is 2.32. The highest BCUT2D eigenvalue weighted by Crippen LogP contribution is 2.44. The number of carbonyl (C=O) groups excluding carboxylic acids is 2. The number of rotatable bonds is 8. The van der Waals surface area contributed by atoms with Gasteiger partial charge in [0.1, 0.15) is 12.6 Å². The number of alkyl carbamates (subject to hydrolysis) is 1. The summed E-state index contributed by atoms with van der Waals surface area (Å²) in [6, 6.07) is 15.2. The quantitative estimate of drug-likeness (QED) is 0.576. The van der Waals surface area contributed by atoms with Crippen LogP contribution in [0, 0.1) is 11.8 Å². The van der Waals surface area contributed by atoms with Crippen LogP contribution in [-0.2, 0) is 14.3 Å². The average Bonchev–Trinajstić information content (AvgIpc) is 3.18. The highest BCUT2D eigenvalue weighted by atomic mass is 16.5. The van der Waals surface area contributed by atoms with E-state index in [9.17, 15) is 14.4 Å². The zero-order chi connectivity index (χ0) is 24.9. The zero-order valence-corrected chi connectivity index (χ0v) is 20.4. The van der Waals surface area contributed by atoms with Crippen LogP contribution in [-0.4, -0.2) is 53.7 Å². The normalized spacial score (nSPS) is 16.5. The minimum Gasteiger partial charge on any atom is -0.481 e. The Balaban J connectivity index is 1.39. The van der Waals surface area contributed by atoms with E-state index in [4.69, 9.17) is 9.84 Å². The molecule has 1 heterocycles. The molecule has 1 aliphatic heterocycles. The number of ether oxygens (including phenoxy) is 1. The molecule has 4 rings (SSSR count). The lowest BCUT2D eigenvalue weighted by atomic mass is 9.86. The Morgan fingerprint density at radius 1 is 1.00 bits per heavy atom. The summed E-state index contributed by atoms with van der Waals surface area (Å²) in [5.41, 5.74) is 4.48. The molecule has 0 aromatic heterocycles. The summed E-state index contributed by atoms with van der Waals surface area (Å²) in [6.45, 7) is 5.77. The first kappa shape index (κ1) is 24.8. The molecular formula is C28H34N2O5. The van der Waals surface area contributed by atoms with Crippen molar-refractivity contribution >= 4 is 18.0 Å². The van der Waals surface area contributed by atoms with Gasteiger partial charge in [0.25, 0.3) is 0 Å². The number of hydrogen-bond acceptors (Lipinski definition) is 4. The fraction of sp³-hybridized carbons (Fsp3) is 0.464. The highest BCUT2D eigenvalue weighted by molar-refractivity contribution is 5.86. The third-order valence-electron chi connectivity index (χ3n) is 7.37. The molecule has 35 heavy (non-hydrogen) atoms. The number of hydrogen-bond donors (Lipinski definition) is 2. The predicted molar refractivity (Wildman–Crippen MR) is 133 cm³/mol. The maximum absolute atomic E-state index is 13.2. The Bertz CT molecular complexity index is 1030. The second-order valence-corrected chi connectivity index (χ2v) is 9.86. The molecule has 1 unspecified atom stereocenters. The second-order valence-electron chi connectivity index (χ2n) is 9.86. The smallest absolute Gasteiger partial charge is 0.407 e. The van der Waals surface area contributed by atoms with E-state index < -0.39 is 18.1 Å². The number of aliphatic carboxylic acids is 1. The number of amides is 2. The molecule has 0 radical (unpaired) electrons. The van der Waals surface area contributed by atoms with Gasteiger partial charge in [-0.05, 0) is 53.4 Å². The third kappa shape index (κ3) is 5.66. The molecule has 0 saturated carbocycles. The Morgan fingerprint density at radius 3 is 2.11 bits per heavy atom. The largest absolute Gasteiger partial charge is 0.481 e. The van der Waals surface area contributed by atoms with E-state index in [0.717, 1.165) is 35.1 Å². The standard InChI is InChI=1S/C28H34N2O5/c1-18(2)19-13-15-30(16-14-19)27(33)25(11-12-26(31)32)29-28(34)35-17-24-22-9-5-3-7-20(22)21-8-4-6-10-23(21)24/h3-10,18-19,24-25H,11-17H2,1-2H3,(H,29,34)(H,31,32). The van der Waals surface area contributed by atoms with Gasteiger partial charge in [-0.1, -0.05) is 62.4 Å². The molecule has 1 fully saturated rings. The summed E-state index contributed by atoms with van der Waals surface area (Å²) in [6.07, 6.45) is 0.957. The van der Waals surface area contributed by atoms with Crippen molar-refractivity contribution in [2.75, 3.05) is 19.7 Å². The van der Waals surface area contributed by atoms with E-state index in [0.29, 0.717) is 24.9 Å². The van der Waals surface area contributed by atoms with Gasteiger partial charge in [-0.25, -0.2) is 4.79 Å². The van der Waals surface area contributed by atoms with Gasteiger partial charge >= 0.3 is 12.1 Å². The number of carbonyl (C=O) groups is 3. The van der Waals surface area contributed by atoms with Gasteiger partial charge in [-0.2, -0.15) is 0 Å². The van der Waals surface area contributed by atoms with Crippen molar-refractivity contribution in [1.29, 1.82) is 0 Å². The van der Waals surface area contributed by atoms with Gasteiger partial charge < -0.3 is 20.1 Å². The van der Waals surface area contributed by atoms with Crippen molar-refractivity contribution in [1.82, 2.24) is 10.2 Å². The lowest BCUT2D eigenvalue weighted by Crippen LogP contribution is -2.51. The molecule has 7 heteroatoms. The molecule has 2 N–H and O–H groups in total. The molecule has 0 spiro atoms. The van der Waals surface area contributed by atoms with E-state index in [-0.39, 0.29) is 31.3 Å². The number of nitrogens with one attached hydrogen (secondary N) is 1. The van der Waals surface area contributed by atoms with Crippen molar-refractivity contribution in [3.05, 3.63) is 59.7 Å². The van der Waals surface area contributed by atoms with Gasteiger partial charge in [-0.15, -0.1) is 0 Å². The molecule has 7 nitrogen and oxygen atoms in total. The van der Waals surface area contributed by atoms with Crippen molar-refractivity contribution < 1.29 is 24.2 Å². The van der Waals surface area contributed by atoms with E-state index in [1.165, 1.54) is 0 Å². The Labute approximate surface area is 206 Å². The first-order valence-electron chi connectivity index (χ1n) is 12.5. The van der Waals surface area contributed by atoms with Crippen LogP contribution >= 0.6 is 0 Å². The van der Waals surface area contributed by atoms with Crippen LogP contribution < -0.4 is 5.32 Å². The second kappa shape index (κ2) is 10.9. The number of benzene rings is 2. The van der Waals surface area contributed by atoms with Gasteiger partial charge in [0.2, 0.25) is 5.91 Å². The molecule has 1 aliphatic carbocycles. The molecule has 2 aromatic rings. The number of nitrogens with zero attached hydrogens (tertiary/aromatic N) is 1. The monoisotopic (exact) mass is 478 g/mol. The summed E-state index contributed by atoms with van der Waals surface area (Å²) < 4.78 is 5.59. The lowest BCUT2D eigenvalue weighted by molar-refractivity contribution is -0.138. The molecule has 1 saturated heterocycles. The van der Waals surface area contributed by atoms with Crippen molar-refractivity contribution in [2.45, 2.75) is 51.5 Å². The molecular weight excluding hydrogens is 444 g/mol. The SMILES string of the molecule is CC(C)C1CCN(C(=O)C(CCC(=O)O)NC(=O)OCC2c3ccccc3-c3ccccc32)CC1. The maximum Gasteiger partial charge on any atom is 0.407 e. The average molecular weight is 479 g/mol. The van der Waals surface area contributed by atoms with Crippen molar-refractivity contribution in [2.24, 2.45) is 11.8 Å². The maximum atomic E-state index is 13.2. The molecule has 2 aromatic carbocycles. The summed E-state index contributed by atoms with van der Waals surface area (Å²) in [5.74, 6) is -0.186. The number of carboxylic acid groups (broad SMARTS) is 1. The van der Waals surface area contributed by atoms with E-state index in [2.05, 4.69) is 31.3 Å². The van der Waals surface area contributed by atoms with Crippen molar-refractivity contribution in [3.63, 3.8) is 0 Å². The van der Waals surface area contributed by atoms with Crippen LogP contribution in [0.4, 0.5) is 4.79 Å². The number of likely N-dealkylation sites (tertiary alicyclic amines) is 1. The van der Waals surface area contributed by atoms with Crippen LogP contribution in [0.5, 0.6) is 0 Å². The van der Waals surface area contributed by atoms with Crippen LogP contribution in [0.1, 0.15) is 56.6 Å². The van der Waals surface area contributed by atoms with Crippen LogP contribution in [0.3, 0.4) is 0 Å². The molecule has 0 bridgehead atoms. The Kier molecular flexibility index (Phi) is 7.73. The van der Waals surface area contributed by atoms with E-state index in [1.807, 2.05) is 36.4 Å². The van der Waals surface area contributed by atoms with Gasteiger partial charge in [-0.3, -0.25) is 9.59 Å². The minimum atomic E-state index is -1.00. The molecule has 2 aliphatic rings. The number of fused-ring (bicyclic) bond motifs is 3. The van der Waals surface area contributed by atoms with Crippen LogP contribution in [0.2, 0.25) is 0 Å². The van der Waals surface area contributed by atoms with Crippen LogP contribution in [0.15, 0.2) is 48.5 Å². The zero-order valence-electron chi connectivity index (χ0n) is 20.4. The topological polar surface area (TPSA) is 95.9 Å². The minimum absolute atomic E-state index is 0.0302. The fourth-order valence-corrected chi connectivity index (χ4v) is 5.31. The van der Waals surface area contributed by atoms with Gasteiger partial charge in [0, 0.05) is 25.4 Å². The first-order valence-corrected chi connectivity index (χ1v) is 12.5. The van der Waals surface area contributed by atoms with E-state index >= 15 is 0 Å². The van der Waals surface area contributed by atoms with Gasteiger partial charge in [0.05, 0.1) is 0 Å². The molecule has 1 atom stereocenters. The Morgan fingerprint density at radius 2 is 1.57 bits per heavy atom. The number of carboxylic acids is 1. The molecule has 2 amide bonds. The van der Waals surface area contributed by atoms with Gasteiger partial charge in [0.15, 0.2) is 0 Å². The predicted octanol–water partition coefficient (Wildman–Crippen LogP) is 4.65. The third-order valence-corrected chi connectivity index (χ3v) is 7.37.